The highest BCUT2D eigenvalue weighted by molar-refractivity contribution is 7.20. The molecule has 30 heteroatoms. The third-order valence-corrected chi connectivity index (χ3v) is 17.1. The van der Waals surface area contributed by atoms with Crippen LogP contribution in [0.15, 0.2) is 0 Å². The third-order valence-electron chi connectivity index (χ3n) is 17.1. The number of unbranched alkanes of at least 4 members (excludes halogenated alkanes) is 18. The van der Waals surface area contributed by atoms with E-state index in [9.17, 15) is 35.1 Å². The van der Waals surface area contributed by atoms with Gasteiger partial charge >= 0.3 is 0 Å². The molecule has 0 fully saturated rings. The van der Waals surface area contributed by atoms with Gasteiger partial charge in [0.15, 0.2) is 116 Å². The Morgan fingerprint density at radius 3 is 0.484 bits per heavy atom. The lowest BCUT2D eigenvalue weighted by Crippen LogP contribution is -3.09. The van der Waals surface area contributed by atoms with Crippen molar-refractivity contribution >= 4 is 71.1 Å². The minimum Gasteiger partial charge on any atom is -0.337 e. The number of quaternary nitrogens is 1. The van der Waals surface area contributed by atoms with E-state index in [1.54, 1.807) is 4.90 Å². The van der Waals surface area contributed by atoms with Gasteiger partial charge in [-0.1, -0.05) is 117 Å². The Labute approximate surface area is 523 Å². The van der Waals surface area contributed by atoms with Gasteiger partial charge in [0.2, 0.25) is 0 Å². The smallest absolute Gasteiger partial charge is 0.198 e. The lowest BCUT2D eigenvalue weighted by atomic mass is 9.12. The number of nitrogens with one attached hydrogen (secondary N) is 1. The van der Waals surface area contributed by atoms with Crippen molar-refractivity contribution in [3.8, 4) is 0 Å². The molecule has 0 saturated heterocycles. The monoisotopic (exact) mass is 1390 g/mol. The number of hydrogen-bond donors (Lipinski definition) is 1. The predicted octanol–water partition coefficient (Wildman–Crippen LogP) is 18.9. The highest BCUT2D eigenvalue weighted by Crippen LogP contribution is 2.41. The fourth-order valence-corrected chi connectivity index (χ4v) is 12.4. The summed E-state index contributed by atoms with van der Waals surface area (Å²) in [6.45, 7) is 7.40. The van der Waals surface area contributed by atoms with Gasteiger partial charge in [-0.25, -0.2) is 123 Å². The number of rotatable bonds is 26. The number of fused-ring (bicyclic) bond motifs is 4. The Balaban J connectivity index is 0.000000415. The van der Waals surface area contributed by atoms with Crippen molar-refractivity contribution in [3.05, 3.63) is 163 Å². The Morgan fingerprint density at radius 1 is 0.179 bits per heavy atom. The average Bonchev–Trinajstić information content (AvgIpc) is 0.670. The zero-order valence-electron chi connectivity index (χ0n) is 50.2. The maximum absolute atomic E-state index is 17.4. The summed E-state index contributed by atoms with van der Waals surface area (Å²) in [6.07, 6.45) is 21.1. The second kappa shape index (κ2) is 30.9. The zero-order chi connectivity index (χ0) is 70.7. The third kappa shape index (κ3) is 13.3. The van der Waals surface area contributed by atoms with Gasteiger partial charge in [-0.3, -0.25) is 0 Å². The molecule has 1 nitrogen and oxygen atoms in total. The van der Waals surface area contributed by atoms with Crippen LogP contribution in [0.1, 0.15) is 142 Å². The first-order chi connectivity index (χ1) is 44.8. The zero-order valence-corrected chi connectivity index (χ0v) is 50.2. The molecular weight excluding hydrogens is 1340 g/mol. The van der Waals surface area contributed by atoms with Gasteiger partial charge in [-0.05, 0) is 25.7 Å². The molecule has 0 bridgehead atoms. The van der Waals surface area contributed by atoms with E-state index in [-0.39, 0.29) is 0 Å². The molecule has 8 aromatic carbocycles. The Morgan fingerprint density at radius 2 is 0.316 bits per heavy atom. The Hall–Kier alpha value is -7.14. The minimum atomic E-state index is -7.99. The van der Waals surface area contributed by atoms with Crippen LogP contribution in [-0.2, 0) is 0 Å². The first-order valence-corrected chi connectivity index (χ1v) is 30.1. The van der Waals surface area contributed by atoms with Crippen LogP contribution >= 0.6 is 0 Å². The number of hydrogen-bond acceptors (Lipinski definition) is 0. The van der Waals surface area contributed by atoms with E-state index in [2.05, 4.69) is 20.9 Å². The van der Waals surface area contributed by atoms with Crippen molar-refractivity contribution in [1.29, 1.82) is 0 Å². The van der Waals surface area contributed by atoms with Gasteiger partial charge in [0.25, 0.3) is 0 Å². The van der Waals surface area contributed by atoms with E-state index in [1.165, 1.54) is 142 Å². The van der Waals surface area contributed by atoms with Crippen molar-refractivity contribution in [2.75, 3.05) is 20.1 Å². The lowest BCUT2D eigenvalue weighted by molar-refractivity contribution is -0.880. The topological polar surface area (TPSA) is 4.44 Å². The maximum atomic E-state index is 17.4. The molecule has 8 aromatic rings. The van der Waals surface area contributed by atoms with E-state index >= 15 is 87.8 Å². The summed E-state index contributed by atoms with van der Waals surface area (Å²) in [6, 6.07) is 0. The van der Waals surface area contributed by atoms with Crippen LogP contribution in [0.5, 0.6) is 0 Å². The summed E-state index contributed by atoms with van der Waals surface area (Å²) < 4.78 is 442. The van der Waals surface area contributed by atoms with Crippen LogP contribution in [0.4, 0.5) is 123 Å². The second-order valence-electron chi connectivity index (χ2n) is 23.1. The van der Waals surface area contributed by atoms with Crippen LogP contribution in [-0.4, -0.2) is 26.3 Å². The van der Waals surface area contributed by atoms with Crippen LogP contribution in [0, 0.1) is 163 Å². The molecule has 1 N–H and O–H groups in total. The summed E-state index contributed by atoms with van der Waals surface area (Å²) in [7, 11) is 2.40. The van der Waals surface area contributed by atoms with Gasteiger partial charge in [-0.2, -0.15) is 0 Å². The summed E-state index contributed by atoms with van der Waals surface area (Å²) in [5.41, 5.74) is -15.9. The van der Waals surface area contributed by atoms with Crippen LogP contribution < -0.4 is 26.8 Å². The van der Waals surface area contributed by atoms with E-state index in [4.69, 9.17) is 0 Å². The molecule has 0 saturated carbocycles. The molecule has 0 radical (unpaired) electrons. The maximum Gasteiger partial charge on any atom is 0.198 e. The largest absolute Gasteiger partial charge is 0.337 e. The quantitative estimate of drug-likeness (QED) is 0.0181. The Bertz CT molecular complexity index is 3750. The molecule has 0 unspecified atom stereocenters. The molecule has 0 amide bonds. The van der Waals surface area contributed by atoms with E-state index in [0.29, 0.717) is 0 Å². The summed E-state index contributed by atoms with van der Waals surface area (Å²) in [5.74, 6) is -102. The van der Waals surface area contributed by atoms with Crippen molar-refractivity contribution in [2.24, 2.45) is 0 Å². The Kier molecular flexibility index (Phi) is 24.5. The van der Waals surface area contributed by atoms with Crippen molar-refractivity contribution in [3.63, 3.8) is 0 Å². The SMILES string of the molecule is CCCCCCCCCCCC[NH+](C)CCCCCCCCCCCC.Fc1c(F)c(F)c2c(F)c([B-](c3c(F)c(F)c4c(F)c(F)c(F)c(F)c4c3F)(c3c(F)c(F)c4c(F)c(F)c(F)c(F)c4c3F)c3c(F)c(F)c4c(F)c(F)c(F)c(F)c4c3F)c(F)c(F)c2c1F. The molecule has 0 aromatic heterocycles. The standard InChI is InChI=1S/C40BF28.C25H53N/c42-13-1-5(25(54)37(66)33(62)21(1)50)17(46)29(58)9(13)41(10-14(43)2-6(18(47)30(10)59)26(55)38(67)34(63)22(2)51,11-15(44)3-7(19(48)31(11)60)27(56)39(68)35(64)23(3)52)12-16(45)4-8(20(49)32(12)61)28(57)40(69)36(65)24(4)53;1-4-6-8-10-12-14-16-18-20-22-24-26(3)25-23-21-19-17-15-13-11-9-7-5-2/h;4-25H2,1-3H3/q-1;/p+1. The van der Waals surface area contributed by atoms with Gasteiger partial charge in [0.1, 0.15) is 52.7 Å². The van der Waals surface area contributed by atoms with Crippen LogP contribution in [0.2, 0.25) is 0 Å². The van der Waals surface area contributed by atoms with Crippen molar-refractivity contribution in [2.45, 2.75) is 142 Å². The highest BCUT2D eigenvalue weighted by Gasteiger charge is 2.52. The summed E-state index contributed by atoms with van der Waals surface area (Å²) in [5, 5.41) is -25.0. The van der Waals surface area contributed by atoms with E-state index in [1.807, 2.05) is 0 Å². The van der Waals surface area contributed by atoms with Gasteiger partial charge in [0, 0.05) is 0 Å². The summed E-state index contributed by atoms with van der Waals surface area (Å²) >= 11 is 0. The molecular formula is C65H54BF28N. The molecule has 0 spiro atoms. The number of benzene rings is 8. The molecule has 518 valence electrons. The van der Waals surface area contributed by atoms with Crippen LogP contribution in [0.3, 0.4) is 0 Å². The average molecular weight is 1390 g/mol. The first-order valence-electron chi connectivity index (χ1n) is 30.1. The predicted molar refractivity (Wildman–Crippen MR) is 299 cm³/mol. The number of halogens is 28. The van der Waals surface area contributed by atoms with E-state index < -0.39 is 234 Å². The van der Waals surface area contributed by atoms with E-state index in [0.717, 1.165) is 0 Å². The lowest BCUT2D eigenvalue weighted by Gasteiger charge is -2.45. The second-order valence-corrected chi connectivity index (χ2v) is 23.1. The van der Waals surface area contributed by atoms with Crippen molar-refractivity contribution in [1.82, 2.24) is 0 Å². The van der Waals surface area contributed by atoms with Gasteiger partial charge in [0.05, 0.1) is 63.2 Å². The fourth-order valence-electron chi connectivity index (χ4n) is 12.4. The minimum absolute atomic E-state index is 1.37. The van der Waals surface area contributed by atoms with Gasteiger partial charge in [-0.15, -0.1) is 21.9 Å². The normalized spacial score (nSPS) is 12.1. The first kappa shape index (κ1) is 75.2. The molecule has 0 aliphatic rings. The van der Waals surface area contributed by atoms with Crippen LogP contribution in [0.25, 0.3) is 43.1 Å². The fraction of sp³-hybridized carbons (Fsp3) is 0.385. The molecule has 95 heavy (non-hydrogen) atoms. The molecule has 0 aliphatic heterocycles. The molecule has 0 heterocycles. The van der Waals surface area contributed by atoms with Crippen molar-refractivity contribution < 1.29 is 128 Å². The molecule has 8 rings (SSSR count). The highest BCUT2D eigenvalue weighted by atomic mass is 19.2. The molecule has 0 atom stereocenters. The summed E-state index contributed by atoms with van der Waals surface area (Å²) in [4.78, 5) is 1.77. The van der Waals surface area contributed by atoms with Gasteiger partial charge < -0.3 is 4.90 Å². The molecule has 0 aliphatic carbocycles.